The number of nitro groups is 1. The van der Waals surface area contributed by atoms with Crippen molar-refractivity contribution in [2.45, 2.75) is 79.1 Å². The average molecular weight is 447 g/mol. The highest BCUT2D eigenvalue weighted by atomic mass is 16.6. The molecule has 0 spiro atoms. The lowest BCUT2D eigenvalue weighted by atomic mass is 9.75. The Balaban J connectivity index is 1.89. The number of fused-ring (bicyclic) bond motifs is 1. The Morgan fingerprint density at radius 1 is 1.19 bits per heavy atom. The Kier molecular flexibility index (Phi) is 7.10. The molecule has 1 aliphatic carbocycles. The number of ether oxygens (including phenoxy) is 2. The van der Waals surface area contributed by atoms with Gasteiger partial charge in [-0.1, -0.05) is 41.0 Å². The molecule has 3 rings (SSSR count). The third-order valence-electron chi connectivity index (χ3n) is 6.71. The zero-order valence-corrected chi connectivity index (χ0v) is 19.7. The van der Waals surface area contributed by atoms with Crippen molar-refractivity contribution in [2.24, 2.45) is 23.7 Å². The van der Waals surface area contributed by atoms with Crippen LogP contribution in [-0.4, -0.2) is 35.0 Å². The van der Waals surface area contributed by atoms with Gasteiger partial charge in [0.1, 0.15) is 12.1 Å². The first-order chi connectivity index (χ1) is 15.0. The number of nitrogens with zero attached hydrogens (tertiary/aromatic N) is 2. The number of nitro benzene ring substituents is 1. The van der Waals surface area contributed by atoms with Crippen LogP contribution in [0, 0.1) is 33.8 Å². The fourth-order valence-corrected chi connectivity index (χ4v) is 4.78. The van der Waals surface area contributed by atoms with E-state index in [1.54, 1.807) is 6.92 Å². The third kappa shape index (κ3) is 4.74. The van der Waals surface area contributed by atoms with Crippen LogP contribution in [-0.2, 0) is 14.3 Å². The summed E-state index contributed by atoms with van der Waals surface area (Å²) in [5.74, 6) is 0.414. The molecular formula is C24H34N2O6. The Morgan fingerprint density at radius 2 is 1.88 bits per heavy atom. The maximum absolute atomic E-state index is 13.3. The van der Waals surface area contributed by atoms with Crippen molar-refractivity contribution in [2.75, 3.05) is 4.90 Å². The van der Waals surface area contributed by atoms with E-state index in [1.807, 2.05) is 13.8 Å². The standard InChI is InChI=1S/C24H34N2O6/c1-13(2)18-9-7-15(5)11-20(18)32-24(28)16(6)25-19-10-8-17(26(29)30)12-21(19)31-22(14(3)4)23(25)27/h8,10,12-16,18,20,22H,7,9,11H2,1-6H3. The Labute approximate surface area is 189 Å². The van der Waals surface area contributed by atoms with Crippen molar-refractivity contribution in [3.05, 3.63) is 28.3 Å². The van der Waals surface area contributed by atoms with Gasteiger partial charge in [-0.05, 0) is 49.5 Å². The number of non-ortho nitro benzene ring substituents is 1. The number of hydrogen-bond donors (Lipinski definition) is 0. The molecule has 1 amide bonds. The zero-order chi connectivity index (χ0) is 23.7. The molecule has 1 aliphatic heterocycles. The van der Waals surface area contributed by atoms with Gasteiger partial charge in [0.05, 0.1) is 16.7 Å². The van der Waals surface area contributed by atoms with Crippen LogP contribution in [0.25, 0.3) is 0 Å². The second-order valence-electron chi connectivity index (χ2n) is 9.88. The molecule has 1 aromatic rings. The molecule has 1 heterocycles. The van der Waals surface area contributed by atoms with Crippen LogP contribution in [0.3, 0.4) is 0 Å². The monoisotopic (exact) mass is 446 g/mol. The quantitative estimate of drug-likeness (QED) is 0.356. The molecule has 0 aromatic heterocycles. The molecule has 2 aliphatic rings. The highest BCUT2D eigenvalue weighted by molar-refractivity contribution is 6.04. The summed E-state index contributed by atoms with van der Waals surface area (Å²) in [6, 6.07) is 3.21. The first kappa shape index (κ1) is 24.0. The van der Waals surface area contributed by atoms with Crippen molar-refractivity contribution < 1.29 is 24.0 Å². The predicted molar refractivity (Wildman–Crippen MR) is 121 cm³/mol. The maximum Gasteiger partial charge on any atom is 0.329 e. The number of benzene rings is 1. The van der Waals surface area contributed by atoms with E-state index in [1.165, 1.54) is 23.1 Å². The lowest BCUT2D eigenvalue weighted by Crippen LogP contribution is -2.55. The molecule has 1 aromatic carbocycles. The average Bonchev–Trinajstić information content (AvgIpc) is 2.72. The van der Waals surface area contributed by atoms with Gasteiger partial charge in [0.25, 0.3) is 11.6 Å². The van der Waals surface area contributed by atoms with Crippen LogP contribution in [0.1, 0.15) is 60.8 Å². The molecule has 32 heavy (non-hydrogen) atoms. The number of carbonyl (C=O) groups is 2. The number of esters is 1. The molecule has 8 heteroatoms. The van der Waals surface area contributed by atoms with Gasteiger partial charge < -0.3 is 9.47 Å². The second-order valence-corrected chi connectivity index (χ2v) is 9.88. The van der Waals surface area contributed by atoms with Crippen LogP contribution < -0.4 is 9.64 Å². The zero-order valence-electron chi connectivity index (χ0n) is 19.7. The Hall–Kier alpha value is -2.64. The van der Waals surface area contributed by atoms with Gasteiger partial charge in [0.2, 0.25) is 0 Å². The summed E-state index contributed by atoms with van der Waals surface area (Å²) in [5, 5.41) is 11.2. The summed E-state index contributed by atoms with van der Waals surface area (Å²) in [6.07, 6.45) is 1.94. The van der Waals surface area contributed by atoms with Gasteiger partial charge in [0.15, 0.2) is 11.9 Å². The summed E-state index contributed by atoms with van der Waals surface area (Å²) in [5.41, 5.74) is 0.214. The molecule has 0 N–H and O–H groups in total. The molecule has 5 atom stereocenters. The molecular weight excluding hydrogens is 412 g/mol. The highest BCUT2D eigenvalue weighted by Gasteiger charge is 2.43. The number of rotatable bonds is 6. The summed E-state index contributed by atoms with van der Waals surface area (Å²) < 4.78 is 11.8. The van der Waals surface area contributed by atoms with Gasteiger partial charge in [-0.2, -0.15) is 0 Å². The largest absolute Gasteiger partial charge is 0.478 e. The van der Waals surface area contributed by atoms with Crippen LogP contribution in [0.4, 0.5) is 11.4 Å². The number of amides is 1. The predicted octanol–water partition coefficient (Wildman–Crippen LogP) is 4.74. The summed E-state index contributed by atoms with van der Waals surface area (Å²) >= 11 is 0. The normalized spacial score (nSPS) is 26.5. The van der Waals surface area contributed by atoms with Gasteiger partial charge >= 0.3 is 5.97 Å². The summed E-state index contributed by atoms with van der Waals surface area (Å²) in [6.45, 7) is 11.8. The Bertz CT molecular complexity index is 883. The number of hydrogen-bond acceptors (Lipinski definition) is 6. The van der Waals surface area contributed by atoms with Crippen LogP contribution in [0.2, 0.25) is 0 Å². The van der Waals surface area contributed by atoms with Crippen LogP contribution in [0.15, 0.2) is 18.2 Å². The van der Waals surface area contributed by atoms with E-state index >= 15 is 0 Å². The SMILES string of the molecule is CC1CCC(C(C)C)C(OC(=O)C(C)N2C(=O)C(C(C)C)Oc3cc([N+](=O)[O-])ccc32)C1. The molecule has 0 bridgehead atoms. The fourth-order valence-electron chi connectivity index (χ4n) is 4.78. The molecule has 5 unspecified atom stereocenters. The minimum absolute atomic E-state index is 0.133. The van der Waals surface area contributed by atoms with Crippen LogP contribution >= 0.6 is 0 Å². The van der Waals surface area contributed by atoms with E-state index in [2.05, 4.69) is 20.8 Å². The number of anilines is 1. The Morgan fingerprint density at radius 3 is 2.47 bits per heavy atom. The minimum atomic E-state index is -0.877. The molecule has 0 saturated heterocycles. The van der Waals surface area contributed by atoms with E-state index in [9.17, 15) is 19.7 Å². The fraction of sp³-hybridized carbons (Fsp3) is 0.667. The lowest BCUT2D eigenvalue weighted by Gasteiger charge is -2.40. The van der Waals surface area contributed by atoms with Crippen molar-refractivity contribution in [3.8, 4) is 5.75 Å². The first-order valence-corrected chi connectivity index (χ1v) is 11.5. The van der Waals surface area contributed by atoms with E-state index in [-0.39, 0.29) is 29.4 Å². The molecule has 0 radical (unpaired) electrons. The molecule has 176 valence electrons. The van der Waals surface area contributed by atoms with E-state index in [0.717, 1.165) is 19.3 Å². The van der Waals surface area contributed by atoms with Crippen LogP contribution in [0.5, 0.6) is 5.75 Å². The van der Waals surface area contributed by atoms with Crippen molar-refractivity contribution in [1.29, 1.82) is 0 Å². The van der Waals surface area contributed by atoms with Crippen molar-refractivity contribution in [1.82, 2.24) is 0 Å². The molecule has 1 saturated carbocycles. The lowest BCUT2D eigenvalue weighted by molar-refractivity contribution is -0.384. The topological polar surface area (TPSA) is 99.0 Å². The van der Waals surface area contributed by atoms with Gasteiger partial charge in [-0.3, -0.25) is 19.8 Å². The molecule has 8 nitrogen and oxygen atoms in total. The van der Waals surface area contributed by atoms with E-state index < -0.39 is 23.0 Å². The van der Waals surface area contributed by atoms with Gasteiger partial charge in [-0.25, -0.2) is 4.79 Å². The number of carbonyl (C=O) groups excluding carboxylic acids is 2. The first-order valence-electron chi connectivity index (χ1n) is 11.5. The summed E-state index contributed by atoms with van der Waals surface area (Å²) in [4.78, 5) is 38.6. The van der Waals surface area contributed by atoms with E-state index in [4.69, 9.17) is 9.47 Å². The smallest absolute Gasteiger partial charge is 0.329 e. The minimum Gasteiger partial charge on any atom is -0.478 e. The molecule has 1 fully saturated rings. The second kappa shape index (κ2) is 9.46. The van der Waals surface area contributed by atoms with Crippen molar-refractivity contribution >= 4 is 23.3 Å². The van der Waals surface area contributed by atoms with Gasteiger partial charge in [-0.15, -0.1) is 0 Å². The highest BCUT2D eigenvalue weighted by Crippen LogP contribution is 2.40. The third-order valence-corrected chi connectivity index (χ3v) is 6.71. The maximum atomic E-state index is 13.3. The van der Waals surface area contributed by atoms with Crippen molar-refractivity contribution in [3.63, 3.8) is 0 Å². The van der Waals surface area contributed by atoms with E-state index in [0.29, 0.717) is 23.4 Å². The van der Waals surface area contributed by atoms with Gasteiger partial charge in [0, 0.05) is 6.07 Å². The summed E-state index contributed by atoms with van der Waals surface area (Å²) in [7, 11) is 0.